The summed E-state index contributed by atoms with van der Waals surface area (Å²) in [7, 11) is 1.67. The van der Waals surface area contributed by atoms with E-state index in [4.69, 9.17) is 14.2 Å². The first-order chi connectivity index (χ1) is 14.9. The molecule has 164 valence electrons. The lowest BCUT2D eigenvalue weighted by atomic mass is 9.98. The van der Waals surface area contributed by atoms with Gasteiger partial charge in [0.05, 0.1) is 23.6 Å². The standard InChI is InChI=1S/C21H21F3N4O3/c1-29-20(6-7-20)10-31-15-9-30-14-5-3-2-4-12(14)17(15)28-19-13-8-16(21(22,23)24)27-18(13)25-11-26-19/h2-5,8,11,15,17H,6-7,9-10H2,1H3,(H2,25,26,27,28). The molecule has 1 fully saturated rings. The number of nitrogens with zero attached hydrogens (tertiary/aromatic N) is 2. The maximum Gasteiger partial charge on any atom is 0.431 e. The van der Waals surface area contributed by atoms with Crippen molar-refractivity contribution in [2.24, 2.45) is 0 Å². The quantitative estimate of drug-likeness (QED) is 0.608. The Labute approximate surface area is 175 Å². The number of rotatable bonds is 6. The number of benzene rings is 1. The first-order valence-corrected chi connectivity index (χ1v) is 9.94. The fourth-order valence-corrected chi connectivity index (χ4v) is 3.81. The molecule has 0 bridgehead atoms. The van der Waals surface area contributed by atoms with Crippen LogP contribution >= 0.6 is 0 Å². The van der Waals surface area contributed by atoms with Gasteiger partial charge in [-0.3, -0.25) is 0 Å². The van der Waals surface area contributed by atoms with Crippen LogP contribution in [-0.4, -0.2) is 47.0 Å². The van der Waals surface area contributed by atoms with Crippen molar-refractivity contribution in [2.45, 2.75) is 36.8 Å². The van der Waals surface area contributed by atoms with Crippen molar-refractivity contribution in [3.63, 3.8) is 0 Å². The zero-order chi connectivity index (χ0) is 21.6. The topological polar surface area (TPSA) is 81.3 Å². The second kappa shape index (κ2) is 7.38. The molecule has 3 heterocycles. The first-order valence-electron chi connectivity index (χ1n) is 9.94. The van der Waals surface area contributed by atoms with Crippen LogP contribution in [0.2, 0.25) is 0 Å². The van der Waals surface area contributed by atoms with Crippen LogP contribution in [0.25, 0.3) is 11.0 Å². The van der Waals surface area contributed by atoms with E-state index in [9.17, 15) is 13.2 Å². The molecule has 0 radical (unpaired) electrons. The summed E-state index contributed by atoms with van der Waals surface area (Å²) in [6, 6.07) is 8.15. The van der Waals surface area contributed by atoms with Crippen molar-refractivity contribution >= 4 is 16.9 Å². The van der Waals surface area contributed by atoms with Crippen molar-refractivity contribution in [1.82, 2.24) is 15.0 Å². The molecule has 31 heavy (non-hydrogen) atoms. The predicted octanol–water partition coefficient (Wildman–Crippen LogP) is 4.09. The molecule has 1 aromatic carbocycles. The summed E-state index contributed by atoms with van der Waals surface area (Å²) >= 11 is 0. The predicted molar refractivity (Wildman–Crippen MR) is 106 cm³/mol. The molecule has 1 aliphatic heterocycles. The Hall–Kier alpha value is -2.85. The molecule has 7 nitrogen and oxygen atoms in total. The van der Waals surface area contributed by atoms with Gasteiger partial charge < -0.3 is 24.5 Å². The number of anilines is 1. The Kier molecular flexibility index (Phi) is 4.78. The number of fused-ring (bicyclic) bond motifs is 2. The summed E-state index contributed by atoms with van der Waals surface area (Å²) in [6.07, 6.45) is -1.79. The molecule has 2 N–H and O–H groups in total. The van der Waals surface area contributed by atoms with Crippen LogP contribution in [0.1, 0.15) is 30.1 Å². The van der Waals surface area contributed by atoms with Crippen LogP contribution in [0.4, 0.5) is 19.0 Å². The highest BCUT2D eigenvalue weighted by Crippen LogP contribution is 2.42. The van der Waals surface area contributed by atoms with Crippen LogP contribution in [0, 0.1) is 0 Å². The Balaban J connectivity index is 1.48. The van der Waals surface area contributed by atoms with E-state index in [2.05, 4.69) is 20.3 Å². The van der Waals surface area contributed by atoms with Crippen molar-refractivity contribution < 1.29 is 27.4 Å². The number of para-hydroxylation sites is 1. The molecule has 5 rings (SSSR count). The number of methoxy groups -OCH3 is 1. The van der Waals surface area contributed by atoms with Crippen LogP contribution < -0.4 is 10.1 Å². The zero-order valence-corrected chi connectivity index (χ0v) is 16.7. The Morgan fingerprint density at radius 3 is 2.81 bits per heavy atom. The summed E-state index contributed by atoms with van der Waals surface area (Å²) in [4.78, 5) is 10.5. The molecular formula is C21H21F3N4O3. The minimum Gasteiger partial charge on any atom is -0.490 e. The second-order valence-electron chi connectivity index (χ2n) is 7.87. The molecule has 0 amide bonds. The molecule has 10 heteroatoms. The number of hydrogen-bond donors (Lipinski definition) is 2. The van der Waals surface area contributed by atoms with E-state index >= 15 is 0 Å². The number of aromatic nitrogens is 3. The zero-order valence-electron chi connectivity index (χ0n) is 16.7. The summed E-state index contributed by atoms with van der Waals surface area (Å²) in [5.41, 5.74) is -0.174. The molecule has 3 aromatic rings. The Morgan fingerprint density at radius 1 is 1.26 bits per heavy atom. The lowest BCUT2D eigenvalue weighted by Gasteiger charge is -2.35. The monoisotopic (exact) mass is 434 g/mol. The lowest BCUT2D eigenvalue weighted by molar-refractivity contribution is -0.140. The van der Waals surface area contributed by atoms with E-state index < -0.39 is 11.9 Å². The molecule has 0 saturated heterocycles. The average molecular weight is 434 g/mol. The van der Waals surface area contributed by atoms with E-state index in [-0.39, 0.29) is 28.8 Å². The summed E-state index contributed by atoms with van der Waals surface area (Å²) in [5, 5.41) is 3.54. The average Bonchev–Trinajstić information content (AvgIpc) is 3.40. The van der Waals surface area contributed by atoms with Gasteiger partial charge in [-0.15, -0.1) is 0 Å². The summed E-state index contributed by atoms with van der Waals surface area (Å²) in [5.74, 6) is 0.989. The third-order valence-corrected chi connectivity index (χ3v) is 5.85. The molecule has 2 aromatic heterocycles. The van der Waals surface area contributed by atoms with E-state index in [0.29, 0.717) is 24.8 Å². The van der Waals surface area contributed by atoms with E-state index in [1.165, 1.54) is 6.33 Å². The number of H-pyrrole nitrogens is 1. The van der Waals surface area contributed by atoms with Gasteiger partial charge in [0, 0.05) is 12.7 Å². The van der Waals surface area contributed by atoms with Crippen molar-refractivity contribution in [2.75, 3.05) is 25.6 Å². The van der Waals surface area contributed by atoms with Gasteiger partial charge in [-0.05, 0) is 25.0 Å². The Morgan fingerprint density at radius 2 is 2.06 bits per heavy atom. The normalized spacial score (nSPS) is 22.1. The van der Waals surface area contributed by atoms with E-state index in [0.717, 1.165) is 24.5 Å². The van der Waals surface area contributed by atoms with Gasteiger partial charge in [-0.1, -0.05) is 18.2 Å². The van der Waals surface area contributed by atoms with Gasteiger partial charge in [0.15, 0.2) is 0 Å². The maximum absolute atomic E-state index is 13.2. The summed E-state index contributed by atoms with van der Waals surface area (Å²) in [6.45, 7) is 0.711. The minimum absolute atomic E-state index is 0.110. The van der Waals surface area contributed by atoms with Crippen molar-refractivity contribution in [3.8, 4) is 5.75 Å². The SMILES string of the molecule is COC1(COC2COc3ccccc3C2Nc2ncnc3[nH]c(C(F)(F)F)cc23)CC1. The number of alkyl halides is 3. The molecule has 1 aliphatic carbocycles. The third kappa shape index (κ3) is 3.81. The summed E-state index contributed by atoms with van der Waals surface area (Å²) < 4.78 is 57.1. The van der Waals surface area contributed by atoms with E-state index in [1.807, 2.05) is 24.3 Å². The van der Waals surface area contributed by atoms with Gasteiger partial charge in [0.1, 0.15) is 41.9 Å². The van der Waals surface area contributed by atoms with Crippen LogP contribution in [-0.2, 0) is 15.7 Å². The third-order valence-electron chi connectivity index (χ3n) is 5.85. The number of aromatic amines is 1. The maximum atomic E-state index is 13.2. The largest absolute Gasteiger partial charge is 0.490 e. The number of nitrogens with one attached hydrogen (secondary N) is 2. The van der Waals surface area contributed by atoms with Gasteiger partial charge in [-0.2, -0.15) is 13.2 Å². The smallest absolute Gasteiger partial charge is 0.431 e. The first kappa shape index (κ1) is 20.1. The highest BCUT2D eigenvalue weighted by atomic mass is 19.4. The van der Waals surface area contributed by atoms with E-state index in [1.54, 1.807) is 7.11 Å². The number of ether oxygens (including phenoxy) is 3. The molecule has 1 saturated carbocycles. The fraction of sp³-hybridized carbons (Fsp3) is 0.429. The van der Waals surface area contributed by atoms with Gasteiger partial charge in [-0.25, -0.2) is 9.97 Å². The second-order valence-corrected chi connectivity index (χ2v) is 7.87. The molecule has 2 aliphatic rings. The fourth-order valence-electron chi connectivity index (χ4n) is 3.81. The highest BCUT2D eigenvalue weighted by Gasteiger charge is 2.45. The lowest BCUT2D eigenvalue weighted by Crippen LogP contribution is -2.39. The number of halogens is 3. The van der Waals surface area contributed by atoms with Crippen LogP contribution in [0.15, 0.2) is 36.7 Å². The van der Waals surface area contributed by atoms with Crippen LogP contribution in [0.3, 0.4) is 0 Å². The molecule has 0 spiro atoms. The molecule has 2 atom stereocenters. The van der Waals surface area contributed by atoms with Crippen molar-refractivity contribution in [1.29, 1.82) is 0 Å². The highest BCUT2D eigenvalue weighted by molar-refractivity contribution is 5.88. The van der Waals surface area contributed by atoms with Gasteiger partial charge >= 0.3 is 6.18 Å². The molecule has 2 unspecified atom stereocenters. The number of hydrogen-bond acceptors (Lipinski definition) is 6. The Bertz CT molecular complexity index is 1100. The van der Waals surface area contributed by atoms with Gasteiger partial charge in [0.25, 0.3) is 0 Å². The van der Waals surface area contributed by atoms with Crippen LogP contribution in [0.5, 0.6) is 5.75 Å². The van der Waals surface area contributed by atoms with Gasteiger partial charge in [0.2, 0.25) is 0 Å². The minimum atomic E-state index is -4.51. The molecular weight excluding hydrogens is 413 g/mol. The van der Waals surface area contributed by atoms with Crippen molar-refractivity contribution in [3.05, 3.63) is 47.9 Å².